The summed E-state index contributed by atoms with van der Waals surface area (Å²) in [6.07, 6.45) is 9.73. The Labute approximate surface area is 56.4 Å². The van der Waals surface area contributed by atoms with Gasteiger partial charge in [0, 0.05) is 0 Å². The summed E-state index contributed by atoms with van der Waals surface area (Å²) in [5, 5.41) is 8.44. The van der Waals surface area contributed by atoms with Crippen molar-refractivity contribution >= 4 is 0 Å². The molecule has 0 aromatic rings. The minimum absolute atomic E-state index is 0.670. The van der Waals surface area contributed by atoms with Crippen LogP contribution in [0.25, 0.3) is 0 Å². The van der Waals surface area contributed by atoms with Crippen molar-refractivity contribution in [3.8, 4) is 0 Å². The molecular formula is C8H14O. The van der Waals surface area contributed by atoms with Crippen molar-refractivity contribution in [1.29, 1.82) is 0 Å². The Kier molecular flexibility index (Phi) is 2.62. The lowest BCUT2D eigenvalue weighted by Crippen LogP contribution is -2.02. The van der Waals surface area contributed by atoms with Crippen molar-refractivity contribution in [3.05, 3.63) is 12.3 Å². The van der Waals surface area contributed by atoms with Gasteiger partial charge in [0.2, 0.25) is 0 Å². The number of aliphatic hydroxyl groups is 1. The van der Waals surface area contributed by atoms with Gasteiger partial charge in [0.15, 0.2) is 0 Å². The van der Waals surface area contributed by atoms with E-state index in [0.717, 1.165) is 0 Å². The molecule has 0 amide bonds. The Morgan fingerprint density at radius 1 is 1.11 bits per heavy atom. The lowest BCUT2D eigenvalue weighted by molar-refractivity contribution is 0.402. The normalized spacial score (nSPS) is 23.1. The van der Waals surface area contributed by atoms with Crippen molar-refractivity contribution in [2.24, 2.45) is 5.92 Å². The Morgan fingerprint density at radius 2 is 1.78 bits per heavy atom. The van der Waals surface area contributed by atoms with Crippen LogP contribution in [0.5, 0.6) is 0 Å². The molecule has 1 aliphatic rings. The molecule has 0 unspecified atom stereocenters. The highest BCUT2D eigenvalue weighted by Crippen LogP contribution is 2.23. The number of hydrogen-bond acceptors (Lipinski definition) is 1. The second-order valence-corrected chi connectivity index (χ2v) is 2.74. The van der Waals surface area contributed by atoms with Crippen LogP contribution in [-0.2, 0) is 0 Å². The van der Waals surface area contributed by atoms with E-state index in [-0.39, 0.29) is 0 Å². The van der Waals surface area contributed by atoms with E-state index in [1.54, 1.807) is 0 Å². The molecule has 0 saturated heterocycles. The summed E-state index contributed by atoms with van der Waals surface area (Å²) >= 11 is 0. The van der Waals surface area contributed by atoms with Crippen molar-refractivity contribution in [2.75, 3.05) is 0 Å². The summed E-state index contributed by atoms with van der Waals surface area (Å²) < 4.78 is 0. The fraction of sp³-hybridized carbons (Fsp3) is 0.750. The number of allylic oxidation sites excluding steroid dienone is 1. The number of aliphatic hydroxyl groups excluding tert-OH is 1. The molecule has 0 bridgehead atoms. The molecule has 1 rings (SSSR count). The van der Waals surface area contributed by atoms with E-state index < -0.39 is 0 Å². The van der Waals surface area contributed by atoms with Crippen LogP contribution in [0.1, 0.15) is 32.1 Å². The standard InChI is InChI=1S/C8H14O/c9-7-6-8-4-2-1-3-5-8/h6-9H,1-5H2/b7-6-. The van der Waals surface area contributed by atoms with Gasteiger partial charge in [-0.1, -0.05) is 19.3 Å². The van der Waals surface area contributed by atoms with E-state index in [0.29, 0.717) is 5.92 Å². The second-order valence-electron chi connectivity index (χ2n) is 2.74. The Bertz CT molecular complexity index is 90.7. The average molecular weight is 126 g/mol. The summed E-state index contributed by atoms with van der Waals surface area (Å²) in [4.78, 5) is 0. The molecule has 0 heterocycles. The van der Waals surface area contributed by atoms with Gasteiger partial charge in [-0.05, 0) is 24.8 Å². The molecule has 9 heavy (non-hydrogen) atoms. The lowest BCUT2D eigenvalue weighted by Gasteiger charge is -2.16. The van der Waals surface area contributed by atoms with Crippen molar-refractivity contribution < 1.29 is 5.11 Å². The van der Waals surface area contributed by atoms with Crippen LogP contribution in [0.2, 0.25) is 0 Å². The molecule has 0 radical (unpaired) electrons. The van der Waals surface area contributed by atoms with E-state index in [4.69, 9.17) is 5.11 Å². The minimum atomic E-state index is 0.670. The molecule has 0 aromatic heterocycles. The van der Waals surface area contributed by atoms with Crippen LogP contribution in [0.4, 0.5) is 0 Å². The number of rotatable bonds is 1. The fourth-order valence-corrected chi connectivity index (χ4v) is 1.45. The maximum absolute atomic E-state index is 8.44. The summed E-state index contributed by atoms with van der Waals surface area (Å²) in [5.74, 6) is 0.670. The molecule has 1 nitrogen and oxygen atoms in total. The Balaban J connectivity index is 2.23. The van der Waals surface area contributed by atoms with E-state index >= 15 is 0 Å². The molecule has 1 aliphatic carbocycles. The van der Waals surface area contributed by atoms with Crippen molar-refractivity contribution in [2.45, 2.75) is 32.1 Å². The Hall–Kier alpha value is -0.460. The zero-order chi connectivity index (χ0) is 6.53. The molecule has 1 N–H and O–H groups in total. The zero-order valence-corrected chi connectivity index (χ0v) is 5.71. The molecule has 0 atom stereocenters. The second kappa shape index (κ2) is 3.54. The first kappa shape index (κ1) is 6.66. The van der Waals surface area contributed by atoms with Crippen molar-refractivity contribution in [3.63, 3.8) is 0 Å². The van der Waals surface area contributed by atoms with Gasteiger partial charge in [-0.3, -0.25) is 0 Å². The van der Waals surface area contributed by atoms with Crippen LogP contribution < -0.4 is 0 Å². The van der Waals surface area contributed by atoms with Gasteiger partial charge < -0.3 is 5.11 Å². The van der Waals surface area contributed by atoms with Gasteiger partial charge in [0.25, 0.3) is 0 Å². The zero-order valence-electron chi connectivity index (χ0n) is 5.71. The smallest absolute Gasteiger partial charge is 0.0754 e. The third kappa shape index (κ3) is 2.08. The molecule has 0 aromatic carbocycles. The highest BCUT2D eigenvalue weighted by atomic mass is 16.2. The van der Waals surface area contributed by atoms with E-state index in [1.165, 1.54) is 38.4 Å². The molecular weight excluding hydrogens is 112 g/mol. The maximum atomic E-state index is 8.44. The van der Waals surface area contributed by atoms with Crippen LogP contribution >= 0.6 is 0 Å². The van der Waals surface area contributed by atoms with Gasteiger partial charge >= 0.3 is 0 Å². The molecule has 1 heteroatoms. The van der Waals surface area contributed by atoms with E-state index in [9.17, 15) is 0 Å². The van der Waals surface area contributed by atoms with Crippen LogP contribution in [0.15, 0.2) is 12.3 Å². The van der Waals surface area contributed by atoms with Gasteiger partial charge in [0.05, 0.1) is 6.26 Å². The largest absolute Gasteiger partial charge is 0.516 e. The lowest BCUT2D eigenvalue weighted by atomic mass is 9.89. The SMILES string of the molecule is O/C=C\C1CCCCC1. The minimum Gasteiger partial charge on any atom is -0.516 e. The molecule has 1 fully saturated rings. The third-order valence-electron chi connectivity index (χ3n) is 2.01. The van der Waals surface area contributed by atoms with E-state index in [1.807, 2.05) is 6.08 Å². The third-order valence-corrected chi connectivity index (χ3v) is 2.01. The molecule has 1 saturated carbocycles. The van der Waals surface area contributed by atoms with Gasteiger partial charge in [-0.2, -0.15) is 0 Å². The first-order valence-electron chi connectivity index (χ1n) is 3.74. The number of hydrogen-bond donors (Lipinski definition) is 1. The predicted molar refractivity (Wildman–Crippen MR) is 38.3 cm³/mol. The first-order chi connectivity index (χ1) is 4.43. The van der Waals surface area contributed by atoms with Gasteiger partial charge in [0.1, 0.15) is 0 Å². The summed E-state index contributed by atoms with van der Waals surface area (Å²) in [6, 6.07) is 0. The predicted octanol–water partition coefficient (Wildman–Crippen LogP) is 2.64. The van der Waals surface area contributed by atoms with Crippen LogP contribution in [0.3, 0.4) is 0 Å². The monoisotopic (exact) mass is 126 g/mol. The summed E-state index contributed by atoms with van der Waals surface area (Å²) in [7, 11) is 0. The topological polar surface area (TPSA) is 20.2 Å². The average Bonchev–Trinajstić information content (AvgIpc) is 1.91. The van der Waals surface area contributed by atoms with Crippen LogP contribution in [0, 0.1) is 5.92 Å². The quantitative estimate of drug-likeness (QED) is 0.535. The van der Waals surface area contributed by atoms with Crippen LogP contribution in [-0.4, -0.2) is 5.11 Å². The Morgan fingerprint density at radius 3 is 2.33 bits per heavy atom. The summed E-state index contributed by atoms with van der Waals surface area (Å²) in [5.41, 5.74) is 0. The molecule has 52 valence electrons. The maximum Gasteiger partial charge on any atom is 0.0754 e. The van der Waals surface area contributed by atoms with Crippen molar-refractivity contribution in [1.82, 2.24) is 0 Å². The van der Waals surface area contributed by atoms with Gasteiger partial charge in [-0.15, -0.1) is 0 Å². The van der Waals surface area contributed by atoms with Gasteiger partial charge in [-0.25, -0.2) is 0 Å². The summed E-state index contributed by atoms with van der Waals surface area (Å²) in [6.45, 7) is 0. The highest BCUT2D eigenvalue weighted by Gasteiger charge is 2.08. The highest BCUT2D eigenvalue weighted by molar-refractivity contribution is 4.83. The first-order valence-corrected chi connectivity index (χ1v) is 3.74. The van der Waals surface area contributed by atoms with E-state index in [2.05, 4.69) is 0 Å². The fourth-order valence-electron chi connectivity index (χ4n) is 1.45. The molecule has 0 aliphatic heterocycles. The molecule has 0 spiro atoms.